The van der Waals surface area contributed by atoms with Gasteiger partial charge in [-0.15, -0.1) is 0 Å². The molecule has 30 heavy (non-hydrogen) atoms. The molecule has 1 aromatic rings. The van der Waals surface area contributed by atoms with Crippen molar-refractivity contribution in [2.24, 2.45) is 11.8 Å². The third kappa shape index (κ3) is 7.35. The van der Waals surface area contributed by atoms with Crippen LogP contribution in [0.2, 0.25) is 0 Å². The second kappa shape index (κ2) is 12.2. The molecular weight excluding hydrogens is 382 g/mol. The fourth-order valence-electron chi connectivity index (χ4n) is 3.62. The van der Waals surface area contributed by atoms with Gasteiger partial charge in [-0.25, -0.2) is 0 Å². The number of carbonyl (C=O) groups is 3. The lowest BCUT2D eigenvalue weighted by Crippen LogP contribution is -2.51. The molecule has 0 radical (unpaired) electrons. The lowest BCUT2D eigenvalue weighted by molar-refractivity contribution is -0.127. The minimum absolute atomic E-state index is 0.0755. The first-order valence-corrected chi connectivity index (χ1v) is 11.0. The van der Waals surface area contributed by atoms with Crippen LogP contribution < -0.4 is 20.7 Å². The average molecular weight is 418 g/mol. The Kier molecular flexibility index (Phi) is 9.64. The first kappa shape index (κ1) is 23.7. The van der Waals surface area contributed by atoms with Crippen molar-refractivity contribution < 1.29 is 19.1 Å². The van der Waals surface area contributed by atoms with E-state index in [4.69, 9.17) is 4.74 Å². The number of hydrogen-bond acceptors (Lipinski definition) is 4. The summed E-state index contributed by atoms with van der Waals surface area (Å²) in [6.45, 7) is 6.94. The van der Waals surface area contributed by atoms with Crippen molar-refractivity contribution in [2.75, 3.05) is 19.7 Å². The molecular formula is C23H35N3O4. The second-order valence-electron chi connectivity index (χ2n) is 8.07. The zero-order valence-electron chi connectivity index (χ0n) is 18.3. The number of nitrogens with one attached hydrogen (secondary N) is 3. The van der Waals surface area contributed by atoms with Gasteiger partial charge in [0, 0.05) is 24.6 Å². The molecule has 0 spiro atoms. The Balaban J connectivity index is 1.79. The van der Waals surface area contributed by atoms with E-state index in [1.807, 2.05) is 20.8 Å². The first-order chi connectivity index (χ1) is 14.4. The highest BCUT2D eigenvalue weighted by Crippen LogP contribution is 2.23. The Morgan fingerprint density at radius 1 is 1.00 bits per heavy atom. The fraction of sp³-hybridized carbons (Fsp3) is 0.609. The summed E-state index contributed by atoms with van der Waals surface area (Å²) >= 11 is 0. The van der Waals surface area contributed by atoms with Crippen LogP contribution in [0.4, 0.5) is 0 Å². The monoisotopic (exact) mass is 417 g/mol. The fourth-order valence-corrected chi connectivity index (χ4v) is 3.62. The number of benzene rings is 1. The third-order valence-electron chi connectivity index (χ3n) is 5.36. The molecule has 0 bridgehead atoms. The van der Waals surface area contributed by atoms with Crippen molar-refractivity contribution in [1.82, 2.24) is 16.0 Å². The number of carbonyl (C=O) groups excluding carboxylic acids is 3. The first-order valence-electron chi connectivity index (χ1n) is 11.0. The van der Waals surface area contributed by atoms with Gasteiger partial charge in [-0.1, -0.05) is 33.1 Å². The second-order valence-corrected chi connectivity index (χ2v) is 8.07. The van der Waals surface area contributed by atoms with Gasteiger partial charge in [-0.3, -0.25) is 14.4 Å². The average Bonchev–Trinajstić information content (AvgIpc) is 2.75. The highest BCUT2D eigenvalue weighted by atomic mass is 16.5. The van der Waals surface area contributed by atoms with Gasteiger partial charge in [-0.2, -0.15) is 0 Å². The molecule has 1 fully saturated rings. The molecule has 0 aromatic heterocycles. The Morgan fingerprint density at radius 2 is 1.63 bits per heavy atom. The highest BCUT2D eigenvalue weighted by molar-refractivity contribution is 5.97. The lowest BCUT2D eigenvalue weighted by atomic mass is 9.89. The molecule has 2 rings (SSSR count). The van der Waals surface area contributed by atoms with Gasteiger partial charge in [0.1, 0.15) is 11.8 Å². The molecule has 3 N–H and O–H groups in total. The molecule has 0 saturated heterocycles. The molecule has 1 saturated carbocycles. The summed E-state index contributed by atoms with van der Waals surface area (Å²) in [4.78, 5) is 37.3. The lowest BCUT2D eigenvalue weighted by Gasteiger charge is -2.23. The molecule has 1 aromatic carbocycles. The van der Waals surface area contributed by atoms with Crippen molar-refractivity contribution >= 4 is 17.7 Å². The van der Waals surface area contributed by atoms with Crippen LogP contribution in [0, 0.1) is 11.8 Å². The van der Waals surface area contributed by atoms with Crippen molar-refractivity contribution in [3.8, 4) is 5.75 Å². The zero-order valence-corrected chi connectivity index (χ0v) is 18.3. The molecule has 1 aliphatic rings. The molecule has 166 valence electrons. The molecule has 1 aliphatic carbocycles. The van der Waals surface area contributed by atoms with E-state index in [0.717, 1.165) is 25.7 Å². The van der Waals surface area contributed by atoms with Gasteiger partial charge in [0.05, 0.1) is 6.61 Å². The number of rotatable bonds is 10. The van der Waals surface area contributed by atoms with E-state index in [1.165, 1.54) is 6.42 Å². The van der Waals surface area contributed by atoms with E-state index in [9.17, 15) is 14.4 Å². The maximum absolute atomic E-state index is 12.6. The normalized spacial score (nSPS) is 15.3. The van der Waals surface area contributed by atoms with Crippen LogP contribution in [0.3, 0.4) is 0 Å². The number of ether oxygens (including phenoxy) is 1. The molecule has 0 aliphatic heterocycles. The molecule has 3 amide bonds. The van der Waals surface area contributed by atoms with Crippen molar-refractivity contribution in [1.29, 1.82) is 0 Å². The molecule has 0 heterocycles. The van der Waals surface area contributed by atoms with Gasteiger partial charge in [0.25, 0.3) is 5.91 Å². The Labute approximate surface area is 179 Å². The predicted octanol–water partition coefficient (Wildman–Crippen LogP) is 2.65. The molecule has 1 unspecified atom stereocenters. The van der Waals surface area contributed by atoms with Gasteiger partial charge in [0.15, 0.2) is 0 Å². The van der Waals surface area contributed by atoms with Crippen LogP contribution in [0.25, 0.3) is 0 Å². The summed E-state index contributed by atoms with van der Waals surface area (Å²) < 4.78 is 5.38. The summed E-state index contributed by atoms with van der Waals surface area (Å²) in [5.74, 6) is 0.240. The topological polar surface area (TPSA) is 96.5 Å². The highest BCUT2D eigenvalue weighted by Gasteiger charge is 2.25. The molecule has 1 atom stereocenters. The van der Waals surface area contributed by atoms with Crippen LogP contribution in [-0.4, -0.2) is 43.5 Å². The Hall–Kier alpha value is -2.57. The van der Waals surface area contributed by atoms with Crippen molar-refractivity contribution in [2.45, 2.75) is 58.9 Å². The van der Waals surface area contributed by atoms with Crippen LogP contribution >= 0.6 is 0 Å². The van der Waals surface area contributed by atoms with Crippen LogP contribution in [-0.2, 0) is 9.59 Å². The predicted molar refractivity (Wildman–Crippen MR) is 116 cm³/mol. The summed E-state index contributed by atoms with van der Waals surface area (Å²) in [7, 11) is 0. The Bertz CT molecular complexity index is 697. The van der Waals surface area contributed by atoms with Crippen LogP contribution in [0.1, 0.15) is 63.2 Å². The molecule has 7 heteroatoms. The largest absolute Gasteiger partial charge is 0.494 e. The summed E-state index contributed by atoms with van der Waals surface area (Å²) in [5.41, 5.74) is 0.469. The molecule has 7 nitrogen and oxygen atoms in total. The SMILES string of the molecule is CCOc1ccc(C(=O)NC(C(=O)NCCNC(=O)C2CCCCC2)C(C)C)cc1. The maximum Gasteiger partial charge on any atom is 0.251 e. The van der Waals surface area contributed by atoms with Crippen LogP contribution in [0.5, 0.6) is 5.75 Å². The zero-order chi connectivity index (χ0) is 21.9. The van der Waals surface area contributed by atoms with Gasteiger partial charge in [0.2, 0.25) is 11.8 Å². The van der Waals surface area contributed by atoms with Crippen molar-refractivity contribution in [3.63, 3.8) is 0 Å². The van der Waals surface area contributed by atoms with E-state index in [0.29, 0.717) is 31.0 Å². The minimum Gasteiger partial charge on any atom is -0.494 e. The summed E-state index contributed by atoms with van der Waals surface area (Å²) in [6.07, 6.45) is 5.33. The minimum atomic E-state index is -0.655. The van der Waals surface area contributed by atoms with Crippen LogP contribution in [0.15, 0.2) is 24.3 Å². The van der Waals surface area contributed by atoms with E-state index in [-0.39, 0.29) is 29.6 Å². The van der Waals surface area contributed by atoms with Crippen molar-refractivity contribution in [3.05, 3.63) is 29.8 Å². The number of amides is 3. The van der Waals surface area contributed by atoms with Gasteiger partial charge >= 0.3 is 0 Å². The van der Waals surface area contributed by atoms with E-state index >= 15 is 0 Å². The van der Waals surface area contributed by atoms with Gasteiger partial charge in [-0.05, 0) is 49.9 Å². The summed E-state index contributed by atoms with van der Waals surface area (Å²) in [5, 5.41) is 8.53. The van der Waals surface area contributed by atoms with E-state index in [2.05, 4.69) is 16.0 Å². The quantitative estimate of drug-likeness (QED) is 0.510. The number of hydrogen-bond donors (Lipinski definition) is 3. The third-order valence-corrected chi connectivity index (χ3v) is 5.36. The van der Waals surface area contributed by atoms with E-state index < -0.39 is 6.04 Å². The summed E-state index contributed by atoms with van der Waals surface area (Å²) in [6, 6.07) is 6.17. The van der Waals surface area contributed by atoms with E-state index in [1.54, 1.807) is 24.3 Å². The standard InChI is InChI=1S/C23H35N3O4/c1-4-30-19-12-10-18(11-13-19)22(28)26-20(16(2)3)23(29)25-15-14-24-21(27)17-8-6-5-7-9-17/h10-13,16-17,20H,4-9,14-15H2,1-3H3,(H,24,27)(H,25,29)(H,26,28). The maximum atomic E-state index is 12.6. The van der Waals surface area contributed by atoms with Gasteiger partial charge < -0.3 is 20.7 Å². The smallest absolute Gasteiger partial charge is 0.251 e. The Morgan fingerprint density at radius 3 is 2.23 bits per heavy atom.